The number of rotatable bonds is 6. The van der Waals surface area contributed by atoms with Crippen molar-refractivity contribution in [2.45, 2.75) is 6.54 Å². The van der Waals surface area contributed by atoms with Crippen LogP contribution in [0, 0.1) is 0 Å². The maximum Gasteiger partial charge on any atom is 0.268 e. The quantitative estimate of drug-likeness (QED) is 0.282. The molecule has 2 amide bonds. The normalized spacial score (nSPS) is 11.6. The van der Waals surface area contributed by atoms with E-state index in [9.17, 15) is 9.59 Å². The molecule has 4 aromatic carbocycles. The summed E-state index contributed by atoms with van der Waals surface area (Å²) in [6, 6.07) is 30.3. The number of hydrogen-bond donors (Lipinski definition) is 2. The van der Waals surface area contributed by atoms with E-state index in [-0.39, 0.29) is 18.1 Å². The molecular weight excluding hydrogens is 470 g/mol. The molecule has 0 radical (unpaired) electrons. The molecule has 0 saturated heterocycles. The number of aromatic nitrogens is 1. The van der Waals surface area contributed by atoms with Gasteiger partial charge in [0.15, 0.2) is 0 Å². The zero-order chi connectivity index (χ0) is 25.1. The van der Waals surface area contributed by atoms with Gasteiger partial charge in [0, 0.05) is 46.0 Å². The average molecular weight is 494 g/mol. The van der Waals surface area contributed by atoms with Gasteiger partial charge in [0.05, 0.1) is 0 Å². The van der Waals surface area contributed by atoms with Gasteiger partial charge in [-0.25, -0.2) is 0 Å². The average Bonchev–Trinajstić information content (AvgIpc) is 3.19. The first-order valence-corrected chi connectivity index (χ1v) is 12.0. The van der Waals surface area contributed by atoms with E-state index in [1.807, 2.05) is 61.6 Å². The van der Waals surface area contributed by atoms with Crippen LogP contribution in [0.15, 0.2) is 103 Å². The minimum absolute atomic E-state index is 0.149. The smallest absolute Gasteiger partial charge is 0.268 e. The fraction of sp³-hybridized carbons (Fsp3) is 0.0667. The summed E-state index contributed by atoms with van der Waals surface area (Å²) in [5.41, 5.74) is 4.42. The minimum atomic E-state index is -0.405. The van der Waals surface area contributed by atoms with Crippen molar-refractivity contribution >= 4 is 51.3 Å². The molecule has 5 aromatic rings. The highest BCUT2D eigenvalue weighted by molar-refractivity contribution is 6.31. The number of carbonyl (C=O) groups is 2. The largest absolute Gasteiger partial charge is 0.347 e. The standard InChI is InChI=1S/C30H24ClN3O2/c1-34-27-14-8-6-12-23(27)24-17-20(15-16-28(24)34)18-26(33-29(35)21-9-3-2-4-10-21)30(36)32-19-22-11-5-7-13-25(22)31/h2-18H,19H2,1H3,(H,32,36)(H,33,35)/b26-18+. The molecular formula is C30H24ClN3O2. The van der Waals surface area contributed by atoms with Crippen molar-refractivity contribution in [3.05, 3.63) is 124 Å². The van der Waals surface area contributed by atoms with Crippen LogP contribution < -0.4 is 10.6 Å². The predicted molar refractivity (Wildman–Crippen MR) is 146 cm³/mol. The molecule has 0 aliphatic rings. The summed E-state index contributed by atoms with van der Waals surface area (Å²) in [5.74, 6) is -0.766. The number of hydrogen-bond acceptors (Lipinski definition) is 2. The second-order valence-corrected chi connectivity index (χ2v) is 8.91. The lowest BCUT2D eigenvalue weighted by Crippen LogP contribution is -2.34. The van der Waals surface area contributed by atoms with Gasteiger partial charge in [-0.05, 0) is 53.6 Å². The lowest BCUT2D eigenvalue weighted by Gasteiger charge is -2.12. The van der Waals surface area contributed by atoms with Crippen LogP contribution >= 0.6 is 11.6 Å². The van der Waals surface area contributed by atoms with Gasteiger partial charge < -0.3 is 15.2 Å². The molecule has 0 aliphatic carbocycles. The highest BCUT2D eigenvalue weighted by Crippen LogP contribution is 2.29. The molecule has 36 heavy (non-hydrogen) atoms. The maximum atomic E-state index is 13.2. The lowest BCUT2D eigenvalue weighted by atomic mass is 10.1. The predicted octanol–water partition coefficient (Wildman–Crippen LogP) is 6.07. The zero-order valence-corrected chi connectivity index (χ0v) is 20.4. The number of benzene rings is 4. The summed E-state index contributed by atoms with van der Waals surface area (Å²) < 4.78 is 2.15. The van der Waals surface area contributed by atoms with Crippen LogP contribution in [0.25, 0.3) is 27.9 Å². The zero-order valence-electron chi connectivity index (χ0n) is 19.7. The molecule has 2 N–H and O–H groups in total. The van der Waals surface area contributed by atoms with Gasteiger partial charge in [0.25, 0.3) is 11.8 Å². The fourth-order valence-corrected chi connectivity index (χ4v) is 4.50. The number of fused-ring (bicyclic) bond motifs is 3. The van der Waals surface area contributed by atoms with Crippen LogP contribution in [0.5, 0.6) is 0 Å². The highest BCUT2D eigenvalue weighted by atomic mass is 35.5. The number of para-hydroxylation sites is 1. The Morgan fingerprint density at radius 2 is 1.53 bits per heavy atom. The van der Waals surface area contributed by atoms with Crippen LogP contribution in [0.4, 0.5) is 0 Å². The van der Waals surface area contributed by atoms with E-state index in [4.69, 9.17) is 11.6 Å². The van der Waals surface area contributed by atoms with E-state index in [0.29, 0.717) is 10.6 Å². The number of halogens is 1. The lowest BCUT2D eigenvalue weighted by molar-refractivity contribution is -0.117. The molecule has 0 spiro atoms. The second kappa shape index (κ2) is 10.1. The fourth-order valence-electron chi connectivity index (χ4n) is 4.30. The number of nitrogens with zero attached hydrogens (tertiary/aromatic N) is 1. The Kier molecular flexibility index (Phi) is 6.56. The van der Waals surface area contributed by atoms with Gasteiger partial charge in [-0.2, -0.15) is 0 Å². The Balaban J connectivity index is 1.50. The van der Waals surface area contributed by atoms with Crippen molar-refractivity contribution in [2.24, 2.45) is 7.05 Å². The Hall–Kier alpha value is -4.35. The molecule has 0 fully saturated rings. The molecule has 0 aliphatic heterocycles. The van der Waals surface area contributed by atoms with E-state index < -0.39 is 5.91 Å². The molecule has 5 rings (SSSR count). The Labute approximate surface area is 214 Å². The number of aryl methyl sites for hydroxylation is 1. The first-order chi connectivity index (χ1) is 17.5. The van der Waals surface area contributed by atoms with Gasteiger partial charge in [-0.15, -0.1) is 0 Å². The van der Waals surface area contributed by atoms with Crippen molar-refractivity contribution in [1.29, 1.82) is 0 Å². The van der Waals surface area contributed by atoms with Crippen molar-refractivity contribution in [3.63, 3.8) is 0 Å². The second-order valence-electron chi connectivity index (χ2n) is 8.51. The Bertz CT molecular complexity index is 1620. The first kappa shape index (κ1) is 23.4. The summed E-state index contributed by atoms with van der Waals surface area (Å²) in [6.45, 7) is 0.236. The summed E-state index contributed by atoms with van der Waals surface area (Å²) >= 11 is 6.25. The van der Waals surface area contributed by atoms with Gasteiger partial charge in [-0.3, -0.25) is 9.59 Å². The van der Waals surface area contributed by atoms with E-state index in [2.05, 4.69) is 27.3 Å². The summed E-state index contributed by atoms with van der Waals surface area (Å²) in [7, 11) is 2.04. The van der Waals surface area contributed by atoms with E-state index in [1.54, 1.807) is 36.4 Å². The molecule has 0 saturated carbocycles. The third-order valence-corrected chi connectivity index (χ3v) is 6.54. The van der Waals surface area contributed by atoms with Crippen molar-refractivity contribution in [3.8, 4) is 0 Å². The Morgan fingerprint density at radius 1 is 0.833 bits per heavy atom. The number of carbonyl (C=O) groups excluding carboxylic acids is 2. The van der Waals surface area contributed by atoms with Crippen LogP contribution in [-0.4, -0.2) is 16.4 Å². The minimum Gasteiger partial charge on any atom is -0.347 e. The van der Waals surface area contributed by atoms with Crippen molar-refractivity contribution in [1.82, 2.24) is 15.2 Å². The third-order valence-electron chi connectivity index (χ3n) is 6.17. The summed E-state index contributed by atoms with van der Waals surface area (Å²) in [6.07, 6.45) is 1.70. The van der Waals surface area contributed by atoms with E-state index in [1.165, 1.54) is 0 Å². The van der Waals surface area contributed by atoms with Crippen LogP contribution in [0.2, 0.25) is 5.02 Å². The summed E-state index contributed by atoms with van der Waals surface area (Å²) in [4.78, 5) is 26.2. The van der Waals surface area contributed by atoms with Crippen molar-refractivity contribution < 1.29 is 9.59 Å². The topological polar surface area (TPSA) is 63.1 Å². The van der Waals surface area contributed by atoms with Crippen LogP contribution in [-0.2, 0) is 18.4 Å². The molecule has 1 aromatic heterocycles. The SMILES string of the molecule is Cn1c2ccccc2c2cc(/C=C(/NC(=O)c3ccccc3)C(=O)NCc3ccccc3Cl)ccc21. The molecule has 6 heteroatoms. The maximum absolute atomic E-state index is 13.2. The molecule has 5 nitrogen and oxygen atoms in total. The van der Waals surface area contributed by atoms with Gasteiger partial charge >= 0.3 is 0 Å². The van der Waals surface area contributed by atoms with Gasteiger partial charge in [-0.1, -0.05) is 72.3 Å². The van der Waals surface area contributed by atoms with E-state index >= 15 is 0 Å². The van der Waals surface area contributed by atoms with Crippen LogP contribution in [0.3, 0.4) is 0 Å². The molecule has 178 valence electrons. The van der Waals surface area contributed by atoms with Crippen molar-refractivity contribution in [2.75, 3.05) is 0 Å². The number of nitrogens with one attached hydrogen (secondary N) is 2. The Morgan fingerprint density at radius 3 is 2.33 bits per heavy atom. The highest BCUT2D eigenvalue weighted by Gasteiger charge is 2.16. The first-order valence-electron chi connectivity index (χ1n) is 11.6. The van der Waals surface area contributed by atoms with Crippen LogP contribution in [0.1, 0.15) is 21.5 Å². The molecule has 0 atom stereocenters. The van der Waals surface area contributed by atoms with E-state index in [0.717, 1.165) is 32.9 Å². The molecule has 0 bridgehead atoms. The van der Waals surface area contributed by atoms with Gasteiger partial charge in [0.1, 0.15) is 5.70 Å². The molecule has 0 unspecified atom stereocenters. The monoisotopic (exact) mass is 493 g/mol. The third kappa shape index (κ3) is 4.74. The van der Waals surface area contributed by atoms with Gasteiger partial charge in [0.2, 0.25) is 0 Å². The molecule has 1 heterocycles. The number of amides is 2. The summed E-state index contributed by atoms with van der Waals surface area (Å²) in [5, 5.41) is 8.44.